The Balaban J connectivity index is 1.89. The first-order valence-corrected chi connectivity index (χ1v) is 8.84. The van der Waals surface area contributed by atoms with Crippen LogP contribution in [0.2, 0.25) is 5.02 Å². The molecule has 0 atom stereocenters. The number of nitrogens with one attached hydrogen (secondary N) is 1. The minimum Gasteiger partial charge on any atom is -0.258 e. The molecule has 0 aliphatic rings. The summed E-state index contributed by atoms with van der Waals surface area (Å²) in [5.74, 6) is 0. The van der Waals surface area contributed by atoms with E-state index >= 15 is 0 Å². The first-order valence-electron chi connectivity index (χ1n) is 6.98. The molecule has 0 radical (unpaired) electrons. The largest absolute Gasteiger partial charge is 0.403 e. The van der Waals surface area contributed by atoms with E-state index in [1.807, 2.05) is 6.92 Å². The zero-order valence-electron chi connectivity index (χ0n) is 12.9. The smallest absolute Gasteiger partial charge is 0.258 e. The number of aromatic nitrogens is 3. The monoisotopic (exact) mass is 365 g/mol. The second-order valence-corrected chi connectivity index (χ2v) is 7.26. The summed E-state index contributed by atoms with van der Waals surface area (Å²) < 4.78 is 31.8. The summed E-state index contributed by atoms with van der Waals surface area (Å²) in [5.41, 5.74) is 2.30. The molecule has 3 rings (SSSR count). The van der Waals surface area contributed by atoms with Gasteiger partial charge in [0.2, 0.25) is 5.27 Å². The Morgan fingerprint density at radius 1 is 1.12 bits per heavy atom. The molecular weight excluding hydrogens is 352 g/mol. The van der Waals surface area contributed by atoms with Gasteiger partial charge in [0.25, 0.3) is 15.7 Å². The van der Waals surface area contributed by atoms with Gasteiger partial charge in [-0.1, -0.05) is 35.4 Å². The zero-order valence-corrected chi connectivity index (χ0v) is 14.5. The van der Waals surface area contributed by atoms with Crippen molar-refractivity contribution >= 4 is 27.6 Å². The average molecular weight is 366 g/mol. The van der Waals surface area contributed by atoms with E-state index in [0.717, 1.165) is 11.1 Å². The van der Waals surface area contributed by atoms with Crippen molar-refractivity contribution in [3.8, 4) is 5.69 Å². The molecule has 0 saturated heterocycles. The topological polar surface area (TPSA) is 89.0 Å². The van der Waals surface area contributed by atoms with Crippen LogP contribution in [0.15, 0.2) is 51.9 Å². The number of benzene rings is 2. The predicted octanol–water partition coefficient (Wildman–Crippen LogP) is 2.42. The van der Waals surface area contributed by atoms with Gasteiger partial charge in [0, 0.05) is 11.6 Å². The van der Waals surface area contributed by atoms with Gasteiger partial charge in [-0.3, -0.25) is 4.52 Å². The molecule has 0 bridgehead atoms. The average Bonchev–Trinajstić information content (AvgIpc) is 2.98. The first-order chi connectivity index (χ1) is 11.4. The van der Waals surface area contributed by atoms with Gasteiger partial charge in [-0.05, 0) is 32.0 Å². The van der Waals surface area contributed by atoms with Crippen LogP contribution in [-0.2, 0) is 10.0 Å². The van der Waals surface area contributed by atoms with Gasteiger partial charge in [-0.2, -0.15) is 0 Å². The van der Waals surface area contributed by atoms with Crippen molar-refractivity contribution in [1.82, 2.24) is 10.4 Å². The van der Waals surface area contributed by atoms with Crippen LogP contribution in [-0.4, -0.2) is 18.8 Å². The Morgan fingerprint density at radius 2 is 1.83 bits per heavy atom. The highest BCUT2D eigenvalue weighted by molar-refractivity contribution is 7.92. The third kappa shape index (κ3) is 3.24. The number of sulfonamides is 1. The normalized spacial score (nSPS) is 11.5. The van der Waals surface area contributed by atoms with Gasteiger partial charge >= 0.3 is 6.01 Å². The molecule has 0 saturated carbocycles. The Kier molecular flexibility index (Phi) is 4.25. The highest BCUT2D eigenvalue weighted by atomic mass is 35.5. The SMILES string of the molecule is Cc1ccc(S(=O)(=O)Nc2n[n+](-c3cccc(Cl)c3C)no2)cc1. The molecule has 0 unspecified atom stereocenters. The summed E-state index contributed by atoms with van der Waals surface area (Å²) in [6, 6.07) is 11.4. The van der Waals surface area contributed by atoms with Gasteiger partial charge in [0.15, 0.2) is 0 Å². The summed E-state index contributed by atoms with van der Waals surface area (Å²) in [4.78, 5) is 1.28. The van der Waals surface area contributed by atoms with Crippen LogP contribution in [0, 0.1) is 13.8 Å². The van der Waals surface area contributed by atoms with Crippen molar-refractivity contribution in [1.29, 1.82) is 0 Å². The zero-order chi connectivity index (χ0) is 17.3. The van der Waals surface area contributed by atoms with Crippen molar-refractivity contribution in [2.45, 2.75) is 18.7 Å². The highest BCUT2D eigenvalue weighted by Crippen LogP contribution is 2.19. The third-order valence-corrected chi connectivity index (χ3v) is 5.14. The summed E-state index contributed by atoms with van der Waals surface area (Å²) in [7, 11) is -3.80. The number of aryl methyl sites for hydroxylation is 1. The Morgan fingerprint density at radius 3 is 2.54 bits per heavy atom. The van der Waals surface area contributed by atoms with Crippen LogP contribution in [0.3, 0.4) is 0 Å². The summed E-state index contributed by atoms with van der Waals surface area (Å²) in [6.07, 6.45) is 0. The molecule has 0 aliphatic carbocycles. The number of rotatable bonds is 4. The second kappa shape index (κ2) is 6.21. The molecule has 0 amide bonds. The summed E-state index contributed by atoms with van der Waals surface area (Å²) in [5, 5.41) is 8.27. The lowest BCUT2D eigenvalue weighted by Crippen LogP contribution is -2.37. The lowest BCUT2D eigenvalue weighted by molar-refractivity contribution is -0.725. The van der Waals surface area contributed by atoms with Crippen LogP contribution in [0.1, 0.15) is 11.1 Å². The third-order valence-electron chi connectivity index (χ3n) is 3.40. The lowest BCUT2D eigenvalue weighted by Gasteiger charge is -2.02. The fourth-order valence-corrected chi connectivity index (χ4v) is 3.13. The van der Waals surface area contributed by atoms with E-state index in [0.29, 0.717) is 10.7 Å². The molecule has 124 valence electrons. The fourth-order valence-electron chi connectivity index (χ4n) is 2.04. The number of nitrogens with zero attached hydrogens (tertiary/aromatic N) is 3. The van der Waals surface area contributed by atoms with E-state index in [1.165, 1.54) is 16.9 Å². The van der Waals surface area contributed by atoms with Crippen molar-refractivity contribution in [2.75, 3.05) is 4.72 Å². The summed E-state index contributed by atoms with van der Waals surface area (Å²) >= 11 is 6.06. The summed E-state index contributed by atoms with van der Waals surface area (Å²) in [6.45, 7) is 3.68. The van der Waals surface area contributed by atoms with Crippen LogP contribution < -0.4 is 9.52 Å². The Bertz CT molecular complexity index is 984. The highest BCUT2D eigenvalue weighted by Gasteiger charge is 2.24. The molecule has 7 nitrogen and oxygen atoms in total. The fraction of sp³-hybridized carbons (Fsp3) is 0.133. The van der Waals surface area contributed by atoms with Gasteiger partial charge in [0.1, 0.15) is 4.80 Å². The molecule has 1 heterocycles. The van der Waals surface area contributed by atoms with E-state index < -0.39 is 10.0 Å². The number of halogens is 1. The van der Waals surface area contributed by atoms with Crippen LogP contribution in [0.5, 0.6) is 0 Å². The molecule has 0 spiro atoms. The van der Waals surface area contributed by atoms with Crippen LogP contribution in [0.25, 0.3) is 5.69 Å². The molecular formula is C15H14ClN4O3S+. The maximum absolute atomic E-state index is 12.3. The molecule has 24 heavy (non-hydrogen) atoms. The predicted molar refractivity (Wildman–Crippen MR) is 87.6 cm³/mol. The van der Waals surface area contributed by atoms with E-state index in [2.05, 4.69) is 15.1 Å². The first kappa shape index (κ1) is 16.4. The molecule has 2 aromatic carbocycles. The quantitative estimate of drug-likeness (QED) is 0.717. The van der Waals surface area contributed by atoms with Gasteiger partial charge < -0.3 is 0 Å². The van der Waals surface area contributed by atoms with Crippen LogP contribution in [0.4, 0.5) is 6.01 Å². The van der Waals surface area contributed by atoms with E-state index in [-0.39, 0.29) is 10.9 Å². The minimum absolute atomic E-state index is 0.108. The minimum atomic E-state index is -3.80. The molecule has 0 fully saturated rings. The van der Waals surface area contributed by atoms with Gasteiger partial charge in [0.05, 0.1) is 15.0 Å². The van der Waals surface area contributed by atoms with Crippen molar-refractivity contribution in [3.63, 3.8) is 0 Å². The van der Waals surface area contributed by atoms with Crippen LogP contribution >= 0.6 is 11.6 Å². The van der Waals surface area contributed by atoms with E-state index in [9.17, 15) is 8.42 Å². The van der Waals surface area contributed by atoms with Gasteiger partial charge in [-0.15, -0.1) is 0 Å². The maximum atomic E-state index is 12.3. The van der Waals surface area contributed by atoms with E-state index in [4.69, 9.17) is 16.1 Å². The number of hydrogen-bond donors (Lipinski definition) is 1. The maximum Gasteiger partial charge on any atom is 0.403 e. The van der Waals surface area contributed by atoms with Crippen molar-refractivity contribution in [3.05, 3.63) is 58.6 Å². The molecule has 3 aromatic rings. The molecule has 0 aliphatic heterocycles. The Hall–Kier alpha value is -2.45. The molecule has 1 aromatic heterocycles. The van der Waals surface area contributed by atoms with Crippen molar-refractivity contribution < 1.29 is 17.7 Å². The van der Waals surface area contributed by atoms with Crippen molar-refractivity contribution in [2.24, 2.45) is 0 Å². The van der Waals surface area contributed by atoms with Gasteiger partial charge in [-0.25, -0.2) is 13.1 Å². The number of anilines is 1. The molecule has 9 heteroatoms. The van der Waals surface area contributed by atoms with E-state index in [1.54, 1.807) is 37.3 Å². The lowest BCUT2D eigenvalue weighted by atomic mass is 10.2. The molecule has 1 N–H and O–H groups in total. The standard InChI is InChI=1S/C15H14ClN4O3S/c1-10-6-8-12(9-7-10)24(21,22)18-15-17-20(19-23-15)14-5-3-4-13(16)11(14)2/h3-9H,1-2H3,(H,17,18,19)/q+1. The Labute approximate surface area is 143 Å². The second-order valence-electron chi connectivity index (χ2n) is 5.17. The number of hydrogen-bond acceptors (Lipinski definition) is 5.